The average Bonchev–Trinajstić information content (AvgIpc) is 2.44. The van der Waals surface area contributed by atoms with E-state index >= 15 is 0 Å². The van der Waals surface area contributed by atoms with Crippen LogP contribution in [0.15, 0.2) is 0 Å². The molecular weight excluding hydrogens is 279 g/mol. The van der Waals surface area contributed by atoms with E-state index in [0.717, 1.165) is 32.5 Å². The summed E-state index contributed by atoms with van der Waals surface area (Å²) in [5.74, 6) is 0. The lowest BCUT2D eigenvalue weighted by Crippen LogP contribution is -2.54. The molecule has 1 heterocycles. The van der Waals surface area contributed by atoms with Gasteiger partial charge in [0.25, 0.3) is 0 Å². The number of hydrogen-bond acceptors (Lipinski definition) is 3. The third-order valence-corrected chi connectivity index (χ3v) is 4.66. The maximum absolute atomic E-state index is 12.4. The Labute approximate surface area is 125 Å². The van der Waals surface area contributed by atoms with Crippen LogP contribution in [0.4, 0.5) is 13.2 Å². The molecule has 2 atom stereocenters. The Bertz CT molecular complexity index is 301. The van der Waals surface area contributed by atoms with Crippen LogP contribution < -0.4 is 5.32 Å². The minimum Gasteiger partial charge on any atom is -0.314 e. The van der Waals surface area contributed by atoms with Crippen molar-refractivity contribution >= 4 is 0 Å². The SMILES string of the molecule is CCCNC1CCCC(N2CCN(CC(F)(F)F)CC2)C1. The molecule has 0 aromatic heterocycles. The molecule has 0 amide bonds. The number of piperazine rings is 1. The predicted octanol–water partition coefficient (Wildman–Crippen LogP) is 2.48. The highest BCUT2D eigenvalue weighted by molar-refractivity contribution is 4.86. The summed E-state index contributed by atoms with van der Waals surface area (Å²) >= 11 is 0. The highest BCUT2D eigenvalue weighted by atomic mass is 19.4. The van der Waals surface area contributed by atoms with Crippen molar-refractivity contribution in [2.24, 2.45) is 0 Å². The molecule has 0 aromatic rings. The van der Waals surface area contributed by atoms with Crippen LogP contribution in [0.5, 0.6) is 0 Å². The van der Waals surface area contributed by atoms with Gasteiger partial charge in [0.2, 0.25) is 0 Å². The van der Waals surface area contributed by atoms with Crippen molar-refractivity contribution in [2.75, 3.05) is 39.3 Å². The van der Waals surface area contributed by atoms with Gasteiger partial charge in [-0.3, -0.25) is 9.80 Å². The van der Waals surface area contributed by atoms with Gasteiger partial charge in [0.05, 0.1) is 6.54 Å². The van der Waals surface area contributed by atoms with Crippen LogP contribution >= 0.6 is 0 Å². The Morgan fingerprint density at radius 1 is 1.10 bits per heavy atom. The van der Waals surface area contributed by atoms with Crippen molar-refractivity contribution in [3.8, 4) is 0 Å². The quantitative estimate of drug-likeness (QED) is 0.842. The van der Waals surface area contributed by atoms with Gasteiger partial charge in [0, 0.05) is 38.3 Å². The molecule has 0 bridgehead atoms. The lowest BCUT2D eigenvalue weighted by Gasteiger charge is -2.42. The fourth-order valence-electron chi connectivity index (χ4n) is 3.57. The third kappa shape index (κ3) is 5.75. The summed E-state index contributed by atoms with van der Waals surface area (Å²) in [7, 11) is 0. The lowest BCUT2D eigenvalue weighted by atomic mass is 9.89. The summed E-state index contributed by atoms with van der Waals surface area (Å²) in [5, 5.41) is 3.59. The maximum atomic E-state index is 12.4. The molecule has 1 aliphatic carbocycles. The molecule has 2 rings (SSSR count). The minimum atomic E-state index is -4.07. The van der Waals surface area contributed by atoms with E-state index in [1.807, 2.05) is 0 Å². The van der Waals surface area contributed by atoms with Crippen LogP contribution in [0.1, 0.15) is 39.0 Å². The van der Waals surface area contributed by atoms with Gasteiger partial charge in [0.1, 0.15) is 0 Å². The fourth-order valence-corrected chi connectivity index (χ4v) is 3.57. The summed E-state index contributed by atoms with van der Waals surface area (Å²) in [6.45, 7) is 5.13. The van der Waals surface area contributed by atoms with Crippen LogP contribution in [-0.2, 0) is 0 Å². The van der Waals surface area contributed by atoms with Crippen LogP contribution in [0.3, 0.4) is 0 Å². The fraction of sp³-hybridized carbons (Fsp3) is 1.00. The summed E-state index contributed by atoms with van der Waals surface area (Å²) in [5.41, 5.74) is 0. The summed E-state index contributed by atoms with van der Waals surface area (Å²) in [6, 6.07) is 1.15. The van der Waals surface area contributed by atoms with E-state index in [0.29, 0.717) is 25.2 Å². The van der Waals surface area contributed by atoms with Crippen molar-refractivity contribution < 1.29 is 13.2 Å². The van der Waals surface area contributed by atoms with Gasteiger partial charge in [0.15, 0.2) is 0 Å². The zero-order valence-electron chi connectivity index (χ0n) is 13.0. The first-order valence-electron chi connectivity index (χ1n) is 8.24. The topological polar surface area (TPSA) is 18.5 Å². The van der Waals surface area contributed by atoms with Crippen molar-refractivity contribution in [1.29, 1.82) is 0 Å². The first-order chi connectivity index (χ1) is 9.98. The Morgan fingerprint density at radius 2 is 1.81 bits per heavy atom. The molecule has 1 saturated carbocycles. The summed E-state index contributed by atoms with van der Waals surface area (Å²) in [6.07, 6.45) is 1.90. The number of halogens is 3. The molecule has 1 N–H and O–H groups in total. The van der Waals surface area contributed by atoms with E-state index < -0.39 is 12.7 Å². The second-order valence-corrected chi connectivity index (χ2v) is 6.40. The molecule has 1 aliphatic heterocycles. The molecule has 3 nitrogen and oxygen atoms in total. The van der Waals surface area contributed by atoms with Gasteiger partial charge in [-0.05, 0) is 32.2 Å². The number of nitrogens with zero attached hydrogens (tertiary/aromatic N) is 2. The lowest BCUT2D eigenvalue weighted by molar-refractivity contribution is -0.150. The zero-order chi connectivity index (χ0) is 15.3. The van der Waals surface area contributed by atoms with Gasteiger partial charge in [-0.2, -0.15) is 13.2 Å². The molecule has 2 fully saturated rings. The first kappa shape index (κ1) is 17.0. The standard InChI is InChI=1S/C15H28F3N3/c1-2-6-19-13-4-3-5-14(11-13)21-9-7-20(8-10-21)12-15(16,17)18/h13-14,19H,2-12H2,1H3. The van der Waals surface area contributed by atoms with E-state index in [9.17, 15) is 13.2 Å². The predicted molar refractivity (Wildman–Crippen MR) is 78.4 cm³/mol. The smallest absolute Gasteiger partial charge is 0.314 e. The van der Waals surface area contributed by atoms with Crippen molar-refractivity contribution in [3.05, 3.63) is 0 Å². The van der Waals surface area contributed by atoms with E-state index in [2.05, 4.69) is 17.1 Å². The van der Waals surface area contributed by atoms with Crippen molar-refractivity contribution in [3.63, 3.8) is 0 Å². The molecule has 21 heavy (non-hydrogen) atoms. The maximum Gasteiger partial charge on any atom is 0.401 e. The molecule has 0 aromatic carbocycles. The number of rotatable bonds is 5. The average molecular weight is 307 g/mol. The molecular formula is C15H28F3N3. The van der Waals surface area contributed by atoms with Crippen LogP contribution in [0.2, 0.25) is 0 Å². The van der Waals surface area contributed by atoms with Gasteiger partial charge < -0.3 is 5.32 Å². The van der Waals surface area contributed by atoms with Gasteiger partial charge in [-0.25, -0.2) is 0 Å². The van der Waals surface area contributed by atoms with Gasteiger partial charge in [-0.1, -0.05) is 13.3 Å². The molecule has 2 aliphatic rings. The largest absolute Gasteiger partial charge is 0.401 e. The first-order valence-corrected chi connectivity index (χ1v) is 8.24. The second-order valence-electron chi connectivity index (χ2n) is 6.40. The van der Waals surface area contributed by atoms with E-state index in [-0.39, 0.29) is 0 Å². The van der Waals surface area contributed by atoms with Crippen LogP contribution in [0, 0.1) is 0 Å². The number of nitrogens with one attached hydrogen (secondary N) is 1. The minimum absolute atomic E-state index is 0.545. The third-order valence-electron chi connectivity index (χ3n) is 4.66. The van der Waals surface area contributed by atoms with E-state index in [1.165, 1.54) is 24.2 Å². The van der Waals surface area contributed by atoms with Gasteiger partial charge in [-0.15, -0.1) is 0 Å². The molecule has 124 valence electrons. The monoisotopic (exact) mass is 307 g/mol. The molecule has 2 unspecified atom stereocenters. The molecule has 0 radical (unpaired) electrons. The van der Waals surface area contributed by atoms with Crippen LogP contribution in [-0.4, -0.2) is 67.3 Å². The molecule has 1 saturated heterocycles. The Balaban J connectivity index is 1.74. The number of hydrogen-bond donors (Lipinski definition) is 1. The Kier molecular flexibility index (Phi) is 6.32. The summed E-state index contributed by atoms with van der Waals surface area (Å²) in [4.78, 5) is 3.94. The van der Waals surface area contributed by atoms with Crippen molar-refractivity contribution in [1.82, 2.24) is 15.1 Å². The molecule has 0 spiro atoms. The van der Waals surface area contributed by atoms with E-state index in [1.54, 1.807) is 0 Å². The van der Waals surface area contributed by atoms with Crippen molar-refractivity contribution in [2.45, 2.75) is 57.3 Å². The van der Waals surface area contributed by atoms with E-state index in [4.69, 9.17) is 0 Å². The molecule has 6 heteroatoms. The summed E-state index contributed by atoms with van der Waals surface area (Å²) < 4.78 is 37.2. The van der Waals surface area contributed by atoms with Gasteiger partial charge >= 0.3 is 6.18 Å². The Hall–Kier alpha value is -0.330. The number of alkyl halides is 3. The second kappa shape index (κ2) is 7.79. The highest BCUT2D eigenvalue weighted by Gasteiger charge is 2.34. The zero-order valence-corrected chi connectivity index (χ0v) is 13.0. The normalized spacial score (nSPS) is 29.7. The highest BCUT2D eigenvalue weighted by Crippen LogP contribution is 2.25. The van der Waals surface area contributed by atoms with Crippen LogP contribution in [0.25, 0.3) is 0 Å². The Morgan fingerprint density at radius 3 is 2.43 bits per heavy atom.